The Kier molecular flexibility index (Phi) is 8.35. The van der Waals surface area contributed by atoms with Gasteiger partial charge >= 0.3 is 5.97 Å². The highest BCUT2D eigenvalue weighted by Crippen LogP contribution is 2.20. The molecule has 0 heterocycles. The summed E-state index contributed by atoms with van der Waals surface area (Å²) in [7, 11) is 0. The standard InChI is InChI=1S/C19H19BrN2O4S/c20-14-6-8-16(9-7-14)27-13-19(25)26-12-18(24)22(11-10-17(21)23)15-4-2-1-3-5-15/h1-9H,10-13H2,(H2,21,23). The topological polar surface area (TPSA) is 89.7 Å². The molecule has 27 heavy (non-hydrogen) atoms. The molecule has 2 amide bonds. The number of hydrogen-bond acceptors (Lipinski definition) is 5. The molecule has 2 rings (SSSR count). The summed E-state index contributed by atoms with van der Waals surface area (Å²) in [6, 6.07) is 16.4. The van der Waals surface area contributed by atoms with E-state index < -0.39 is 24.4 Å². The molecule has 142 valence electrons. The minimum Gasteiger partial charge on any atom is -0.455 e. The predicted molar refractivity (Wildman–Crippen MR) is 108 cm³/mol. The van der Waals surface area contributed by atoms with Gasteiger partial charge in [-0.25, -0.2) is 0 Å². The minimum atomic E-state index is -0.508. The maximum absolute atomic E-state index is 12.5. The van der Waals surface area contributed by atoms with Gasteiger partial charge in [0.05, 0.1) is 5.75 Å². The van der Waals surface area contributed by atoms with Gasteiger partial charge in [0.1, 0.15) is 0 Å². The van der Waals surface area contributed by atoms with E-state index in [4.69, 9.17) is 10.5 Å². The Morgan fingerprint density at radius 2 is 1.70 bits per heavy atom. The number of esters is 1. The van der Waals surface area contributed by atoms with Crippen LogP contribution >= 0.6 is 27.7 Å². The Balaban J connectivity index is 1.87. The van der Waals surface area contributed by atoms with Crippen molar-refractivity contribution in [3.8, 4) is 0 Å². The van der Waals surface area contributed by atoms with Crippen LogP contribution in [0.1, 0.15) is 6.42 Å². The number of amides is 2. The summed E-state index contributed by atoms with van der Waals surface area (Å²) in [5.74, 6) is -1.31. The SMILES string of the molecule is NC(=O)CCN(C(=O)COC(=O)CSc1ccc(Br)cc1)c1ccccc1. The zero-order valence-electron chi connectivity index (χ0n) is 14.5. The second kappa shape index (κ2) is 10.7. The second-order valence-electron chi connectivity index (χ2n) is 5.50. The predicted octanol–water partition coefficient (Wildman–Crippen LogP) is 2.99. The fourth-order valence-electron chi connectivity index (χ4n) is 2.16. The Morgan fingerprint density at radius 3 is 2.33 bits per heavy atom. The summed E-state index contributed by atoms with van der Waals surface area (Å²) in [5.41, 5.74) is 5.79. The van der Waals surface area contributed by atoms with E-state index in [1.807, 2.05) is 30.3 Å². The van der Waals surface area contributed by atoms with E-state index in [1.165, 1.54) is 16.7 Å². The molecule has 0 unspecified atom stereocenters. The number of hydrogen-bond donors (Lipinski definition) is 1. The smallest absolute Gasteiger partial charge is 0.316 e. The fraction of sp³-hybridized carbons (Fsp3) is 0.211. The van der Waals surface area contributed by atoms with Crippen molar-refractivity contribution in [1.82, 2.24) is 0 Å². The van der Waals surface area contributed by atoms with E-state index in [1.54, 1.807) is 24.3 Å². The highest BCUT2D eigenvalue weighted by molar-refractivity contribution is 9.10. The quantitative estimate of drug-likeness (QED) is 0.468. The van der Waals surface area contributed by atoms with Gasteiger partial charge in [-0.1, -0.05) is 34.1 Å². The summed E-state index contributed by atoms with van der Waals surface area (Å²) >= 11 is 4.68. The number of benzene rings is 2. The lowest BCUT2D eigenvalue weighted by Crippen LogP contribution is -2.37. The molecule has 0 bridgehead atoms. The Bertz CT molecular complexity index is 784. The van der Waals surface area contributed by atoms with Crippen molar-refractivity contribution in [2.45, 2.75) is 11.3 Å². The third-order valence-electron chi connectivity index (χ3n) is 3.48. The van der Waals surface area contributed by atoms with Gasteiger partial charge in [-0.05, 0) is 36.4 Å². The first kappa shape index (κ1) is 21.0. The van der Waals surface area contributed by atoms with Crippen molar-refractivity contribution in [2.75, 3.05) is 23.8 Å². The number of anilines is 1. The first-order chi connectivity index (χ1) is 13.0. The molecule has 0 aliphatic carbocycles. The Hall–Kier alpha value is -2.32. The maximum atomic E-state index is 12.5. The van der Waals surface area contributed by atoms with Crippen molar-refractivity contribution in [3.63, 3.8) is 0 Å². The zero-order valence-corrected chi connectivity index (χ0v) is 16.9. The van der Waals surface area contributed by atoms with Crippen LogP contribution < -0.4 is 10.6 Å². The molecule has 0 spiro atoms. The van der Waals surface area contributed by atoms with E-state index in [2.05, 4.69) is 15.9 Å². The number of halogens is 1. The van der Waals surface area contributed by atoms with Crippen LogP contribution in [0.5, 0.6) is 0 Å². The van der Waals surface area contributed by atoms with Gasteiger partial charge in [0.15, 0.2) is 6.61 Å². The van der Waals surface area contributed by atoms with Gasteiger partial charge in [-0.3, -0.25) is 14.4 Å². The van der Waals surface area contributed by atoms with Gasteiger partial charge in [0.25, 0.3) is 5.91 Å². The number of para-hydroxylation sites is 1. The molecule has 0 atom stereocenters. The van der Waals surface area contributed by atoms with Crippen molar-refractivity contribution >= 4 is 51.2 Å². The molecule has 0 aliphatic rings. The lowest BCUT2D eigenvalue weighted by atomic mass is 10.2. The summed E-state index contributed by atoms with van der Waals surface area (Å²) < 4.78 is 6.04. The molecule has 0 radical (unpaired) electrons. The lowest BCUT2D eigenvalue weighted by molar-refractivity contribution is -0.145. The average molecular weight is 451 g/mol. The second-order valence-corrected chi connectivity index (χ2v) is 7.46. The summed E-state index contributed by atoms with van der Waals surface area (Å²) in [6.45, 7) is -0.267. The van der Waals surface area contributed by atoms with Gasteiger partial charge < -0.3 is 15.4 Å². The van der Waals surface area contributed by atoms with Crippen LogP contribution in [0, 0.1) is 0 Å². The normalized spacial score (nSPS) is 10.3. The number of carbonyl (C=O) groups is 3. The fourth-order valence-corrected chi connectivity index (χ4v) is 3.12. The molecule has 0 saturated heterocycles. The maximum Gasteiger partial charge on any atom is 0.316 e. The molecular formula is C19H19BrN2O4S. The molecule has 0 aliphatic heterocycles. The van der Waals surface area contributed by atoms with Crippen LogP contribution in [-0.4, -0.2) is 36.7 Å². The minimum absolute atomic E-state index is 0.0218. The first-order valence-corrected chi connectivity index (χ1v) is 9.91. The number of ether oxygens (including phenoxy) is 1. The van der Waals surface area contributed by atoms with Crippen LogP contribution in [0.3, 0.4) is 0 Å². The monoisotopic (exact) mass is 450 g/mol. The van der Waals surface area contributed by atoms with Crippen molar-refractivity contribution in [1.29, 1.82) is 0 Å². The molecule has 2 aromatic carbocycles. The largest absolute Gasteiger partial charge is 0.455 e. The zero-order chi connectivity index (χ0) is 19.6. The highest BCUT2D eigenvalue weighted by atomic mass is 79.9. The number of carbonyl (C=O) groups excluding carboxylic acids is 3. The first-order valence-electron chi connectivity index (χ1n) is 8.13. The summed E-state index contributed by atoms with van der Waals surface area (Å²) in [4.78, 5) is 37.7. The van der Waals surface area contributed by atoms with E-state index in [-0.39, 0.29) is 18.7 Å². The molecule has 2 N–H and O–H groups in total. The number of primary amides is 1. The van der Waals surface area contributed by atoms with Gasteiger partial charge in [-0.2, -0.15) is 0 Å². The molecule has 8 heteroatoms. The molecule has 0 saturated carbocycles. The molecular weight excluding hydrogens is 432 g/mol. The third kappa shape index (κ3) is 7.44. The van der Waals surface area contributed by atoms with E-state index in [0.717, 1.165) is 9.37 Å². The third-order valence-corrected chi connectivity index (χ3v) is 4.99. The van der Waals surface area contributed by atoms with E-state index >= 15 is 0 Å². The molecule has 6 nitrogen and oxygen atoms in total. The van der Waals surface area contributed by atoms with Gasteiger partial charge in [0, 0.05) is 28.0 Å². The van der Waals surface area contributed by atoms with Gasteiger partial charge in [-0.15, -0.1) is 11.8 Å². The van der Waals surface area contributed by atoms with E-state index in [0.29, 0.717) is 5.69 Å². The van der Waals surface area contributed by atoms with Crippen LogP contribution in [0.25, 0.3) is 0 Å². The average Bonchev–Trinajstić information content (AvgIpc) is 2.66. The van der Waals surface area contributed by atoms with Gasteiger partial charge in [0.2, 0.25) is 5.91 Å². The van der Waals surface area contributed by atoms with Crippen LogP contribution in [0.2, 0.25) is 0 Å². The van der Waals surface area contributed by atoms with Crippen molar-refractivity contribution < 1.29 is 19.1 Å². The highest BCUT2D eigenvalue weighted by Gasteiger charge is 2.18. The van der Waals surface area contributed by atoms with Crippen LogP contribution in [0.4, 0.5) is 5.69 Å². The Labute approximate surface area is 170 Å². The molecule has 0 fully saturated rings. The number of nitrogens with zero attached hydrogens (tertiary/aromatic N) is 1. The summed E-state index contributed by atoms with van der Waals surface area (Å²) in [6.07, 6.45) is 0.0218. The van der Waals surface area contributed by atoms with Crippen molar-refractivity contribution in [3.05, 3.63) is 59.1 Å². The molecule has 0 aromatic heterocycles. The number of rotatable bonds is 9. The van der Waals surface area contributed by atoms with Crippen molar-refractivity contribution in [2.24, 2.45) is 5.73 Å². The number of thioether (sulfide) groups is 1. The van der Waals surface area contributed by atoms with Crippen LogP contribution in [-0.2, 0) is 19.1 Å². The summed E-state index contributed by atoms with van der Waals surface area (Å²) in [5, 5.41) is 0. The lowest BCUT2D eigenvalue weighted by Gasteiger charge is -2.22. The number of nitrogens with two attached hydrogens (primary N) is 1. The Morgan fingerprint density at radius 1 is 1.04 bits per heavy atom. The van der Waals surface area contributed by atoms with E-state index in [9.17, 15) is 14.4 Å². The van der Waals surface area contributed by atoms with Crippen LogP contribution in [0.15, 0.2) is 64.0 Å². The molecule has 2 aromatic rings.